The highest BCUT2D eigenvalue weighted by Gasteiger charge is 2.51. The molecule has 5 atom stereocenters. The van der Waals surface area contributed by atoms with Crippen molar-refractivity contribution in [2.45, 2.75) is 103 Å². The predicted molar refractivity (Wildman–Crippen MR) is 137 cm³/mol. The molecule has 3 rings (SSSR count). The third-order valence-electron chi connectivity index (χ3n) is 7.71. The van der Waals surface area contributed by atoms with Gasteiger partial charge in [-0.05, 0) is 36.7 Å². The van der Waals surface area contributed by atoms with Crippen LogP contribution in [0, 0.1) is 11.8 Å². The molecule has 0 aromatic heterocycles. The lowest BCUT2D eigenvalue weighted by Crippen LogP contribution is -2.43. The molecule has 0 amide bonds. The number of rotatable bonds is 10. The van der Waals surface area contributed by atoms with Crippen molar-refractivity contribution in [2.24, 2.45) is 11.8 Å². The van der Waals surface area contributed by atoms with E-state index >= 15 is 0 Å². The minimum atomic E-state index is -1.95. The van der Waals surface area contributed by atoms with Gasteiger partial charge in [0.15, 0.2) is 8.32 Å². The van der Waals surface area contributed by atoms with Crippen LogP contribution in [0.15, 0.2) is 42.5 Å². The van der Waals surface area contributed by atoms with Crippen LogP contribution >= 0.6 is 0 Å². The van der Waals surface area contributed by atoms with Gasteiger partial charge in [-0.15, -0.1) is 0 Å². The summed E-state index contributed by atoms with van der Waals surface area (Å²) in [6.07, 6.45) is 9.22. The van der Waals surface area contributed by atoms with Crippen LogP contribution in [0.3, 0.4) is 0 Å². The quantitative estimate of drug-likeness (QED) is 0.160. The maximum Gasteiger partial charge on any atom is 0.338 e. The lowest BCUT2D eigenvalue weighted by Gasteiger charge is -2.39. The van der Waals surface area contributed by atoms with Gasteiger partial charge in [0.25, 0.3) is 0 Å². The Morgan fingerprint density at radius 3 is 2.56 bits per heavy atom. The van der Waals surface area contributed by atoms with Crippen LogP contribution in [-0.4, -0.2) is 38.6 Å². The number of esters is 2. The van der Waals surface area contributed by atoms with Gasteiger partial charge in [0.2, 0.25) is 0 Å². The Morgan fingerprint density at radius 2 is 1.91 bits per heavy atom. The van der Waals surface area contributed by atoms with Crippen LogP contribution in [-0.2, 0) is 18.7 Å². The van der Waals surface area contributed by atoms with Crippen molar-refractivity contribution >= 4 is 20.3 Å². The molecular formula is C28H42O5Si. The molecule has 5 nitrogen and oxygen atoms in total. The fourth-order valence-corrected chi connectivity index (χ4v) is 5.97. The van der Waals surface area contributed by atoms with E-state index in [9.17, 15) is 9.59 Å². The van der Waals surface area contributed by atoms with Gasteiger partial charge in [0, 0.05) is 18.3 Å². The number of benzene rings is 1. The SMILES string of the molecule is CCCCC[C@@H](/C=C\[C@@H]1[C@H]2CC(=O)O[C@H]2C[C@H]1OC(=O)c1ccccc1)O[Si](C)(C)C(C)(C)C. The summed E-state index contributed by atoms with van der Waals surface area (Å²) in [5, 5.41) is 0.127. The average Bonchev–Trinajstić information content (AvgIpc) is 3.27. The summed E-state index contributed by atoms with van der Waals surface area (Å²) in [4.78, 5) is 24.8. The molecule has 1 aromatic rings. The second-order valence-corrected chi connectivity index (χ2v) is 16.1. The monoisotopic (exact) mass is 486 g/mol. The van der Waals surface area contributed by atoms with E-state index in [1.165, 1.54) is 12.8 Å². The van der Waals surface area contributed by atoms with Crippen LogP contribution in [0.2, 0.25) is 18.1 Å². The Morgan fingerprint density at radius 1 is 1.21 bits per heavy atom. The molecule has 0 spiro atoms. The van der Waals surface area contributed by atoms with Gasteiger partial charge in [0.05, 0.1) is 18.1 Å². The largest absolute Gasteiger partial charge is 0.462 e. The molecule has 1 heterocycles. The summed E-state index contributed by atoms with van der Waals surface area (Å²) >= 11 is 0. The lowest BCUT2D eigenvalue weighted by atomic mass is 9.91. The summed E-state index contributed by atoms with van der Waals surface area (Å²) in [5.74, 6) is -0.493. The first-order valence-corrected chi connectivity index (χ1v) is 15.7. The van der Waals surface area contributed by atoms with Crippen molar-refractivity contribution < 1.29 is 23.5 Å². The maximum atomic E-state index is 12.8. The Labute approximate surface area is 206 Å². The molecule has 0 radical (unpaired) electrons. The zero-order chi connectivity index (χ0) is 24.9. The third-order valence-corrected chi connectivity index (χ3v) is 12.2. The summed E-state index contributed by atoms with van der Waals surface area (Å²) in [6, 6.07) is 9.07. The van der Waals surface area contributed by atoms with Crippen LogP contribution in [0.25, 0.3) is 0 Å². The zero-order valence-electron chi connectivity index (χ0n) is 21.7. The maximum absolute atomic E-state index is 12.8. The number of ether oxygens (including phenoxy) is 2. The van der Waals surface area contributed by atoms with Gasteiger partial charge in [0.1, 0.15) is 12.2 Å². The fraction of sp³-hybridized carbons (Fsp3) is 0.643. The average molecular weight is 487 g/mol. The van der Waals surface area contributed by atoms with E-state index in [2.05, 4.69) is 52.9 Å². The summed E-state index contributed by atoms with van der Waals surface area (Å²) in [7, 11) is -1.95. The summed E-state index contributed by atoms with van der Waals surface area (Å²) in [5.41, 5.74) is 0.540. The molecule has 1 saturated heterocycles. The Bertz CT molecular complexity index is 857. The minimum absolute atomic E-state index is 0.0231. The third kappa shape index (κ3) is 6.60. The second kappa shape index (κ2) is 11.2. The highest BCUT2D eigenvalue weighted by Crippen LogP contribution is 2.44. The van der Waals surface area contributed by atoms with Crippen molar-refractivity contribution in [3.8, 4) is 0 Å². The van der Waals surface area contributed by atoms with Crippen LogP contribution in [0.5, 0.6) is 0 Å². The van der Waals surface area contributed by atoms with Gasteiger partial charge in [-0.1, -0.05) is 77.3 Å². The van der Waals surface area contributed by atoms with Crippen molar-refractivity contribution in [1.29, 1.82) is 0 Å². The van der Waals surface area contributed by atoms with Gasteiger partial charge in [-0.25, -0.2) is 4.79 Å². The van der Waals surface area contributed by atoms with E-state index in [1.54, 1.807) is 12.1 Å². The smallest absolute Gasteiger partial charge is 0.338 e. The molecule has 188 valence electrons. The summed E-state index contributed by atoms with van der Waals surface area (Å²) < 4.78 is 18.3. The van der Waals surface area contributed by atoms with E-state index in [-0.39, 0.29) is 47.1 Å². The Kier molecular flexibility index (Phi) is 8.80. The molecule has 1 aromatic carbocycles. The number of carbonyl (C=O) groups excluding carboxylic acids is 2. The topological polar surface area (TPSA) is 61.8 Å². The van der Waals surface area contributed by atoms with Gasteiger partial charge in [-0.3, -0.25) is 4.79 Å². The molecule has 0 unspecified atom stereocenters. The van der Waals surface area contributed by atoms with Gasteiger partial charge < -0.3 is 13.9 Å². The first-order chi connectivity index (χ1) is 16.0. The number of unbranched alkanes of at least 4 members (excludes halogenated alkanes) is 2. The normalized spacial score (nSPS) is 25.9. The molecule has 2 aliphatic rings. The molecule has 34 heavy (non-hydrogen) atoms. The fourth-order valence-electron chi connectivity index (χ4n) is 4.67. The highest BCUT2D eigenvalue weighted by molar-refractivity contribution is 6.74. The second-order valence-electron chi connectivity index (χ2n) is 11.3. The van der Waals surface area contributed by atoms with E-state index in [1.807, 2.05) is 18.2 Å². The van der Waals surface area contributed by atoms with E-state index in [0.29, 0.717) is 18.4 Å². The molecule has 0 bridgehead atoms. The van der Waals surface area contributed by atoms with Gasteiger partial charge in [-0.2, -0.15) is 0 Å². The van der Waals surface area contributed by atoms with Crippen molar-refractivity contribution in [2.75, 3.05) is 0 Å². The standard InChI is InChI=1S/C28H42O5Si/c1-7-8-10-15-21(33-34(5,6)28(2,3)4)16-17-22-23-18-26(29)31-25(23)19-24(22)32-27(30)20-13-11-9-12-14-20/h9,11-14,16-17,21-25H,7-8,10,15,18-19H2,1-6H3/b17-16-/t21-,22+,23+,24+,25-/m0/s1. The first kappa shape index (κ1) is 26.7. The van der Waals surface area contributed by atoms with Crippen LogP contribution in [0.4, 0.5) is 0 Å². The predicted octanol–water partition coefficient (Wildman–Crippen LogP) is 6.69. The molecule has 0 N–H and O–H groups in total. The van der Waals surface area contributed by atoms with E-state index in [0.717, 1.165) is 12.8 Å². The first-order valence-electron chi connectivity index (χ1n) is 12.8. The number of hydrogen-bond acceptors (Lipinski definition) is 5. The molecular weight excluding hydrogens is 444 g/mol. The van der Waals surface area contributed by atoms with Crippen molar-refractivity contribution in [3.63, 3.8) is 0 Å². The van der Waals surface area contributed by atoms with Crippen molar-refractivity contribution in [1.82, 2.24) is 0 Å². The molecule has 6 heteroatoms. The van der Waals surface area contributed by atoms with Crippen molar-refractivity contribution in [3.05, 3.63) is 48.0 Å². The zero-order valence-corrected chi connectivity index (χ0v) is 22.7. The van der Waals surface area contributed by atoms with Crippen LogP contribution in [0.1, 0.15) is 76.6 Å². The molecule has 1 aliphatic heterocycles. The number of carbonyl (C=O) groups is 2. The molecule has 2 fully saturated rings. The van der Waals surface area contributed by atoms with E-state index < -0.39 is 8.32 Å². The number of fused-ring (bicyclic) bond motifs is 1. The minimum Gasteiger partial charge on any atom is -0.462 e. The van der Waals surface area contributed by atoms with Gasteiger partial charge >= 0.3 is 11.9 Å². The summed E-state index contributed by atoms with van der Waals surface area (Å²) in [6.45, 7) is 13.6. The number of hydrogen-bond donors (Lipinski definition) is 0. The lowest BCUT2D eigenvalue weighted by molar-refractivity contribution is -0.141. The Balaban J connectivity index is 1.78. The molecule has 1 saturated carbocycles. The molecule has 1 aliphatic carbocycles. The highest BCUT2D eigenvalue weighted by atomic mass is 28.4. The van der Waals surface area contributed by atoms with Crippen LogP contribution < -0.4 is 0 Å². The van der Waals surface area contributed by atoms with E-state index in [4.69, 9.17) is 13.9 Å². The Hall–Kier alpha value is -1.92.